The Balaban J connectivity index is 1.66. The largest absolute Gasteiger partial charge is 0.351 e. The highest BCUT2D eigenvalue weighted by molar-refractivity contribution is 8.00. The second-order valence-corrected chi connectivity index (χ2v) is 7.15. The maximum absolute atomic E-state index is 12.3. The molecule has 4 nitrogen and oxygen atoms in total. The zero-order chi connectivity index (χ0) is 14.9. The zero-order valence-corrected chi connectivity index (χ0v) is 13.0. The van der Waals surface area contributed by atoms with Gasteiger partial charge in [-0.05, 0) is 42.9 Å². The second-order valence-electron chi connectivity index (χ2n) is 5.87. The number of thioether (sulfide) groups is 1. The summed E-state index contributed by atoms with van der Waals surface area (Å²) >= 11 is 1.87. The summed E-state index contributed by atoms with van der Waals surface area (Å²) in [5.74, 6) is -0.0488. The molecule has 0 atom stereocenters. The van der Waals surface area contributed by atoms with Gasteiger partial charge in [0.05, 0.1) is 6.42 Å². The van der Waals surface area contributed by atoms with Crippen LogP contribution in [0.25, 0.3) is 0 Å². The van der Waals surface area contributed by atoms with E-state index in [0.29, 0.717) is 12.0 Å². The maximum Gasteiger partial charge on any atom is 0.251 e. The molecule has 21 heavy (non-hydrogen) atoms. The molecule has 1 aliphatic heterocycles. The van der Waals surface area contributed by atoms with E-state index in [1.807, 2.05) is 23.9 Å². The Morgan fingerprint density at radius 2 is 2.14 bits per heavy atom. The summed E-state index contributed by atoms with van der Waals surface area (Å²) in [5.41, 5.74) is 2.38. The van der Waals surface area contributed by atoms with Crippen LogP contribution in [0.1, 0.15) is 41.6 Å². The van der Waals surface area contributed by atoms with E-state index >= 15 is 0 Å². The normalized spacial score (nSPS) is 19.2. The van der Waals surface area contributed by atoms with Crippen molar-refractivity contribution in [2.24, 2.45) is 0 Å². The van der Waals surface area contributed by atoms with E-state index in [1.165, 1.54) is 25.7 Å². The predicted molar refractivity (Wildman–Crippen MR) is 85.8 cm³/mol. The van der Waals surface area contributed by atoms with Crippen molar-refractivity contribution in [2.45, 2.75) is 36.9 Å². The quantitative estimate of drug-likeness (QED) is 0.899. The summed E-state index contributed by atoms with van der Waals surface area (Å²) in [7, 11) is 0. The number of nitrogens with one attached hydrogen (secondary N) is 2. The number of carbonyl (C=O) groups excluding carboxylic acids is 2. The van der Waals surface area contributed by atoms with Gasteiger partial charge in [0.15, 0.2) is 0 Å². The highest BCUT2D eigenvalue weighted by atomic mass is 32.2. The Kier molecular flexibility index (Phi) is 3.93. The molecule has 0 spiro atoms. The SMILES string of the molecule is CSC1(CNC(=O)c2ccc3c(c2)CC(=O)N3)CCCC1. The highest BCUT2D eigenvalue weighted by Crippen LogP contribution is 2.39. The molecule has 2 N–H and O–H groups in total. The number of fused-ring (bicyclic) bond motifs is 1. The molecule has 2 aliphatic rings. The lowest BCUT2D eigenvalue weighted by molar-refractivity contribution is -0.115. The lowest BCUT2D eigenvalue weighted by Crippen LogP contribution is -2.38. The topological polar surface area (TPSA) is 58.2 Å². The Labute approximate surface area is 129 Å². The van der Waals surface area contributed by atoms with Gasteiger partial charge in [-0.15, -0.1) is 0 Å². The van der Waals surface area contributed by atoms with Crippen LogP contribution < -0.4 is 10.6 Å². The fourth-order valence-corrected chi connectivity index (χ4v) is 4.10. The number of benzene rings is 1. The van der Waals surface area contributed by atoms with E-state index in [-0.39, 0.29) is 16.6 Å². The standard InChI is InChI=1S/C16H20N2O2S/c1-21-16(6-2-3-7-16)10-17-15(20)11-4-5-13-12(8-11)9-14(19)18-13/h4-5,8H,2-3,6-7,9-10H2,1H3,(H,17,20)(H,18,19). The van der Waals surface area contributed by atoms with Crippen LogP contribution in [-0.4, -0.2) is 29.4 Å². The van der Waals surface area contributed by atoms with Crippen molar-refractivity contribution in [2.75, 3.05) is 18.1 Å². The van der Waals surface area contributed by atoms with Crippen molar-refractivity contribution in [3.8, 4) is 0 Å². The number of hydrogen-bond donors (Lipinski definition) is 2. The number of amides is 2. The summed E-state index contributed by atoms with van der Waals surface area (Å²) in [6.07, 6.45) is 7.36. The first-order valence-electron chi connectivity index (χ1n) is 7.38. The molecule has 1 fully saturated rings. The first-order valence-corrected chi connectivity index (χ1v) is 8.60. The van der Waals surface area contributed by atoms with E-state index in [2.05, 4.69) is 16.9 Å². The van der Waals surface area contributed by atoms with E-state index in [0.717, 1.165) is 17.8 Å². The number of rotatable bonds is 4. The van der Waals surface area contributed by atoms with Gasteiger partial charge in [0.1, 0.15) is 0 Å². The fourth-order valence-electron chi connectivity index (χ4n) is 3.19. The highest BCUT2D eigenvalue weighted by Gasteiger charge is 2.33. The lowest BCUT2D eigenvalue weighted by Gasteiger charge is -2.26. The molecular formula is C16H20N2O2S. The van der Waals surface area contributed by atoms with Crippen LogP contribution in [0.2, 0.25) is 0 Å². The molecule has 1 aliphatic carbocycles. The van der Waals surface area contributed by atoms with Crippen molar-refractivity contribution in [3.05, 3.63) is 29.3 Å². The first kappa shape index (κ1) is 14.4. The third kappa shape index (κ3) is 2.93. The number of hydrogen-bond acceptors (Lipinski definition) is 3. The molecule has 2 amide bonds. The van der Waals surface area contributed by atoms with Crippen molar-refractivity contribution in [1.82, 2.24) is 5.32 Å². The average molecular weight is 304 g/mol. The minimum absolute atomic E-state index is 0.00477. The molecule has 0 bridgehead atoms. The Morgan fingerprint density at radius 3 is 2.86 bits per heavy atom. The average Bonchev–Trinajstić information content (AvgIpc) is 3.09. The summed E-state index contributed by atoms with van der Waals surface area (Å²) < 4.78 is 0.212. The molecule has 0 unspecified atom stereocenters. The third-order valence-electron chi connectivity index (χ3n) is 4.51. The number of carbonyl (C=O) groups is 2. The molecule has 0 radical (unpaired) electrons. The molecule has 0 saturated heterocycles. The summed E-state index contributed by atoms with van der Waals surface area (Å²) in [5, 5.41) is 5.85. The minimum atomic E-state index is -0.0440. The molecule has 1 aromatic rings. The van der Waals surface area contributed by atoms with Crippen molar-refractivity contribution in [3.63, 3.8) is 0 Å². The Morgan fingerprint density at radius 1 is 1.38 bits per heavy atom. The van der Waals surface area contributed by atoms with Crippen LogP contribution in [-0.2, 0) is 11.2 Å². The van der Waals surface area contributed by atoms with Crippen LogP contribution >= 0.6 is 11.8 Å². The van der Waals surface area contributed by atoms with Gasteiger partial charge < -0.3 is 10.6 Å². The van der Waals surface area contributed by atoms with Gasteiger partial charge in [-0.25, -0.2) is 0 Å². The smallest absolute Gasteiger partial charge is 0.251 e. The van der Waals surface area contributed by atoms with Gasteiger partial charge in [0.2, 0.25) is 5.91 Å². The first-order chi connectivity index (χ1) is 10.1. The van der Waals surface area contributed by atoms with E-state index in [1.54, 1.807) is 6.07 Å². The summed E-state index contributed by atoms with van der Waals surface area (Å²) in [6, 6.07) is 5.41. The predicted octanol–water partition coefficient (Wildman–Crippen LogP) is 2.59. The van der Waals surface area contributed by atoms with Crippen molar-refractivity contribution >= 4 is 29.3 Å². The van der Waals surface area contributed by atoms with Crippen LogP contribution in [0.15, 0.2) is 18.2 Å². The van der Waals surface area contributed by atoms with Gasteiger partial charge in [0.25, 0.3) is 5.91 Å². The van der Waals surface area contributed by atoms with Crippen LogP contribution in [0, 0.1) is 0 Å². The molecule has 1 saturated carbocycles. The Hall–Kier alpha value is -1.49. The lowest BCUT2D eigenvalue weighted by atomic mass is 10.1. The molecule has 112 valence electrons. The molecular weight excluding hydrogens is 284 g/mol. The van der Waals surface area contributed by atoms with Gasteiger partial charge in [-0.2, -0.15) is 11.8 Å². The summed E-state index contributed by atoms with van der Waals surface area (Å²) in [6.45, 7) is 0.723. The van der Waals surface area contributed by atoms with Gasteiger partial charge >= 0.3 is 0 Å². The second kappa shape index (κ2) is 5.72. The van der Waals surface area contributed by atoms with Crippen molar-refractivity contribution < 1.29 is 9.59 Å². The molecule has 3 rings (SSSR count). The third-order valence-corrected chi connectivity index (χ3v) is 5.93. The number of anilines is 1. The van der Waals surface area contributed by atoms with Crippen LogP contribution in [0.5, 0.6) is 0 Å². The molecule has 1 aromatic carbocycles. The van der Waals surface area contributed by atoms with Crippen molar-refractivity contribution in [1.29, 1.82) is 0 Å². The molecule has 0 aromatic heterocycles. The minimum Gasteiger partial charge on any atom is -0.351 e. The van der Waals surface area contributed by atoms with E-state index < -0.39 is 0 Å². The van der Waals surface area contributed by atoms with E-state index in [9.17, 15) is 9.59 Å². The van der Waals surface area contributed by atoms with Gasteiger partial charge in [-0.3, -0.25) is 9.59 Å². The fraction of sp³-hybridized carbons (Fsp3) is 0.500. The van der Waals surface area contributed by atoms with Gasteiger partial charge in [0, 0.05) is 22.5 Å². The van der Waals surface area contributed by atoms with Crippen LogP contribution in [0.4, 0.5) is 5.69 Å². The summed E-state index contributed by atoms with van der Waals surface area (Å²) in [4.78, 5) is 23.7. The maximum atomic E-state index is 12.3. The monoisotopic (exact) mass is 304 g/mol. The van der Waals surface area contributed by atoms with Gasteiger partial charge in [-0.1, -0.05) is 12.8 Å². The van der Waals surface area contributed by atoms with E-state index in [4.69, 9.17) is 0 Å². The Bertz CT molecular complexity index is 580. The van der Waals surface area contributed by atoms with Crippen LogP contribution in [0.3, 0.4) is 0 Å². The molecule has 1 heterocycles. The zero-order valence-electron chi connectivity index (χ0n) is 12.2. The molecule has 5 heteroatoms.